The van der Waals surface area contributed by atoms with Gasteiger partial charge < -0.3 is 0 Å². The largest absolute Gasteiger partial charge is 0.192 e. The smallest absolute Gasteiger partial charge is 0.101 e. The lowest BCUT2D eigenvalue weighted by atomic mass is 10.1. The van der Waals surface area contributed by atoms with Gasteiger partial charge in [-0.25, -0.2) is 0 Å². The second kappa shape index (κ2) is 3.82. The van der Waals surface area contributed by atoms with Crippen LogP contribution in [0.25, 0.3) is 10.1 Å². The van der Waals surface area contributed by atoms with Crippen molar-refractivity contribution in [3.63, 3.8) is 0 Å². The summed E-state index contributed by atoms with van der Waals surface area (Å²) in [5, 5.41) is 9.96. The molecule has 0 bridgehead atoms. The summed E-state index contributed by atoms with van der Waals surface area (Å²) in [7, 11) is 0. The van der Waals surface area contributed by atoms with Crippen molar-refractivity contribution < 1.29 is 0 Å². The number of rotatable bonds is 1. The summed E-state index contributed by atoms with van der Waals surface area (Å²) in [4.78, 5) is 0. The fraction of sp³-hybridized carbons (Fsp3) is 0.100. The van der Waals surface area contributed by atoms with E-state index in [0.29, 0.717) is 11.4 Å². The molecule has 0 aliphatic rings. The van der Waals surface area contributed by atoms with Crippen LogP contribution in [0.5, 0.6) is 0 Å². The van der Waals surface area contributed by atoms with Crippen LogP contribution >= 0.6 is 35.6 Å². The standard InChI is InChI=1S/C10H6ClNS2/c11-4-8-7-3-1-2-6(5-12)9(7)14-10(8)13/h1-3,13H,4H2. The number of hydrogen-bond donors (Lipinski definition) is 1. The summed E-state index contributed by atoms with van der Waals surface area (Å²) < 4.78 is 1.88. The van der Waals surface area contributed by atoms with E-state index in [1.807, 2.05) is 18.2 Å². The van der Waals surface area contributed by atoms with Gasteiger partial charge >= 0.3 is 0 Å². The molecule has 14 heavy (non-hydrogen) atoms. The van der Waals surface area contributed by atoms with E-state index >= 15 is 0 Å². The zero-order valence-corrected chi connectivity index (χ0v) is 9.59. The maximum atomic E-state index is 8.91. The molecule has 1 nitrogen and oxygen atoms in total. The molecule has 1 heterocycles. The molecular formula is C10H6ClNS2. The van der Waals surface area contributed by atoms with Gasteiger partial charge in [0.15, 0.2) is 0 Å². The molecular weight excluding hydrogens is 234 g/mol. The van der Waals surface area contributed by atoms with Gasteiger partial charge in [-0.3, -0.25) is 0 Å². The summed E-state index contributed by atoms with van der Waals surface area (Å²) >= 11 is 11.7. The van der Waals surface area contributed by atoms with Crippen LogP contribution in [0.4, 0.5) is 0 Å². The van der Waals surface area contributed by atoms with E-state index in [2.05, 4.69) is 18.7 Å². The lowest BCUT2D eigenvalue weighted by molar-refractivity contribution is 1.40. The van der Waals surface area contributed by atoms with Gasteiger partial charge in [-0.1, -0.05) is 12.1 Å². The number of thiol groups is 1. The summed E-state index contributed by atoms with van der Waals surface area (Å²) in [6.45, 7) is 0. The molecule has 0 unspecified atom stereocenters. The Kier molecular flexibility index (Phi) is 2.69. The average Bonchev–Trinajstić information content (AvgIpc) is 2.52. The normalized spacial score (nSPS) is 10.4. The molecule has 0 spiro atoms. The van der Waals surface area contributed by atoms with Crippen LogP contribution in [-0.4, -0.2) is 0 Å². The SMILES string of the molecule is N#Cc1cccc2c(CCl)c(S)sc12. The first kappa shape index (κ1) is 9.85. The van der Waals surface area contributed by atoms with Gasteiger partial charge in [-0.05, 0) is 17.0 Å². The quantitative estimate of drug-likeness (QED) is 0.594. The van der Waals surface area contributed by atoms with Gasteiger partial charge in [-0.15, -0.1) is 35.6 Å². The Morgan fingerprint density at radius 3 is 2.93 bits per heavy atom. The zero-order valence-electron chi connectivity index (χ0n) is 7.12. The Labute approximate surface area is 96.3 Å². The summed E-state index contributed by atoms with van der Waals surface area (Å²) in [5.74, 6) is 0.438. The van der Waals surface area contributed by atoms with Crippen LogP contribution in [0, 0.1) is 11.3 Å². The van der Waals surface area contributed by atoms with Crippen molar-refractivity contribution in [2.75, 3.05) is 0 Å². The van der Waals surface area contributed by atoms with E-state index in [9.17, 15) is 0 Å². The van der Waals surface area contributed by atoms with Gasteiger partial charge in [0.2, 0.25) is 0 Å². The molecule has 1 aromatic heterocycles. The lowest BCUT2D eigenvalue weighted by Gasteiger charge is -1.94. The third-order valence-corrected chi connectivity index (χ3v) is 3.95. The fourth-order valence-electron chi connectivity index (χ4n) is 1.38. The number of thiophene rings is 1. The van der Waals surface area contributed by atoms with Crippen molar-refractivity contribution in [3.8, 4) is 6.07 Å². The van der Waals surface area contributed by atoms with E-state index in [1.165, 1.54) is 11.3 Å². The van der Waals surface area contributed by atoms with Crippen LogP contribution < -0.4 is 0 Å². The molecule has 2 aromatic rings. The van der Waals surface area contributed by atoms with E-state index in [-0.39, 0.29) is 0 Å². The van der Waals surface area contributed by atoms with Gasteiger partial charge in [0.25, 0.3) is 0 Å². The number of benzene rings is 1. The average molecular weight is 240 g/mol. The van der Waals surface area contributed by atoms with E-state index in [4.69, 9.17) is 16.9 Å². The molecule has 0 radical (unpaired) electrons. The Balaban J connectivity index is 2.87. The number of halogens is 1. The third kappa shape index (κ3) is 1.40. The molecule has 0 N–H and O–H groups in total. The predicted molar refractivity (Wildman–Crippen MR) is 63.3 cm³/mol. The van der Waals surface area contributed by atoms with Crippen molar-refractivity contribution in [2.45, 2.75) is 10.1 Å². The van der Waals surface area contributed by atoms with Gasteiger partial charge in [0.05, 0.1) is 14.5 Å². The molecule has 0 atom stereocenters. The van der Waals surface area contributed by atoms with Crippen LogP contribution in [0.2, 0.25) is 0 Å². The number of nitrogens with zero attached hydrogens (tertiary/aromatic N) is 1. The molecule has 0 saturated heterocycles. The number of hydrogen-bond acceptors (Lipinski definition) is 3. The zero-order chi connectivity index (χ0) is 10.1. The number of alkyl halides is 1. The lowest BCUT2D eigenvalue weighted by Crippen LogP contribution is -1.77. The first-order chi connectivity index (χ1) is 6.77. The van der Waals surface area contributed by atoms with E-state index < -0.39 is 0 Å². The highest BCUT2D eigenvalue weighted by Gasteiger charge is 2.10. The first-order valence-electron chi connectivity index (χ1n) is 3.97. The predicted octanol–water partition coefficient (Wildman–Crippen LogP) is 3.80. The third-order valence-electron chi connectivity index (χ3n) is 2.05. The highest BCUT2D eigenvalue weighted by Crippen LogP contribution is 2.36. The molecule has 1 aromatic carbocycles. The van der Waals surface area contributed by atoms with E-state index in [1.54, 1.807) is 0 Å². The molecule has 0 fully saturated rings. The number of nitriles is 1. The Morgan fingerprint density at radius 2 is 2.29 bits per heavy atom. The van der Waals surface area contributed by atoms with Crippen LogP contribution in [0.3, 0.4) is 0 Å². The second-order valence-corrected chi connectivity index (χ2v) is 4.85. The van der Waals surface area contributed by atoms with Gasteiger partial charge in [0.1, 0.15) is 6.07 Å². The van der Waals surface area contributed by atoms with Gasteiger partial charge in [0, 0.05) is 5.88 Å². The Morgan fingerprint density at radius 1 is 1.50 bits per heavy atom. The van der Waals surface area contributed by atoms with Crippen molar-refractivity contribution in [1.82, 2.24) is 0 Å². The highest BCUT2D eigenvalue weighted by molar-refractivity contribution is 7.83. The minimum absolute atomic E-state index is 0.438. The molecule has 70 valence electrons. The maximum Gasteiger partial charge on any atom is 0.101 e. The van der Waals surface area contributed by atoms with Crippen molar-refractivity contribution in [2.24, 2.45) is 0 Å². The Bertz CT molecular complexity index is 525. The molecule has 0 saturated carbocycles. The Hall–Kier alpha value is -0.690. The van der Waals surface area contributed by atoms with E-state index in [0.717, 1.165) is 19.9 Å². The molecule has 4 heteroatoms. The minimum atomic E-state index is 0.438. The monoisotopic (exact) mass is 239 g/mol. The molecule has 2 rings (SSSR count). The van der Waals surface area contributed by atoms with Crippen molar-refractivity contribution in [3.05, 3.63) is 29.3 Å². The summed E-state index contributed by atoms with van der Waals surface area (Å²) in [6, 6.07) is 7.83. The molecule has 0 aliphatic carbocycles. The summed E-state index contributed by atoms with van der Waals surface area (Å²) in [6.07, 6.45) is 0. The summed E-state index contributed by atoms with van der Waals surface area (Å²) in [5.41, 5.74) is 1.71. The maximum absolute atomic E-state index is 8.91. The van der Waals surface area contributed by atoms with Crippen LogP contribution in [0.15, 0.2) is 22.4 Å². The van der Waals surface area contributed by atoms with Crippen LogP contribution in [-0.2, 0) is 5.88 Å². The molecule has 0 amide bonds. The highest BCUT2D eigenvalue weighted by atomic mass is 35.5. The minimum Gasteiger partial charge on any atom is -0.192 e. The van der Waals surface area contributed by atoms with Crippen molar-refractivity contribution in [1.29, 1.82) is 5.26 Å². The molecule has 0 aliphatic heterocycles. The van der Waals surface area contributed by atoms with Gasteiger partial charge in [-0.2, -0.15) is 5.26 Å². The second-order valence-electron chi connectivity index (χ2n) is 2.81. The fourth-order valence-corrected chi connectivity index (χ4v) is 3.32. The van der Waals surface area contributed by atoms with Crippen molar-refractivity contribution >= 4 is 45.7 Å². The first-order valence-corrected chi connectivity index (χ1v) is 5.77. The van der Waals surface area contributed by atoms with Crippen LogP contribution in [0.1, 0.15) is 11.1 Å². The topological polar surface area (TPSA) is 23.8 Å². The number of fused-ring (bicyclic) bond motifs is 1.